The van der Waals surface area contributed by atoms with Crippen molar-refractivity contribution in [2.75, 3.05) is 13.2 Å². The average Bonchev–Trinajstić information content (AvgIpc) is 2.45. The molecule has 21 heavy (non-hydrogen) atoms. The minimum absolute atomic E-state index is 0.00845. The van der Waals surface area contributed by atoms with Crippen molar-refractivity contribution in [2.45, 2.75) is 31.5 Å². The van der Waals surface area contributed by atoms with Gasteiger partial charge in [0.15, 0.2) is 0 Å². The van der Waals surface area contributed by atoms with Crippen molar-refractivity contribution in [3.8, 4) is 0 Å². The second-order valence-electron chi connectivity index (χ2n) is 5.02. The maximum Gasteiger partial charge on any atom is 0.417 e. The molecule has 116 valence electrons. The molecule has 0 radical (unpaired) electrons. The third-order valence-electron chi connectivity index (χ3n) is 3.62. The number of carbonyl (C=O) groups is 1. The summed E-state index contributed by atoms with van der Waals surface area (Å²) in [5, 5.41) is 9.30. The number of nitrogens with zero attached hydrogens (tertiary/aromatic N) is 1. The fraction of sp³-hybridized carbons (Fsp3) is 0.500. The summed E-state index contributed by atoms with van der Waals surface area (Å²) < 4.78 is 38.6. The molecule has 1 fully saturated rings. The summed E-state index contributed by atoms with van der Waals surface area (Å²) in [5.41, 5.74) is -0.878. The first-order valence-electron chi connectivity index (χ1n) is 6.63. The van der Waals surface area contributed by atoms with Gasteiger partial charge in [-0.15, -0.1) is 0 Å². The number of hydrogen-bond acceptors (Lipinski definition) is 2. The number of benzene rings is 1. The summed E-state index contributed by atoms with van der Waals surface area (Å²) in [7, 11) is 0. The molecule has 0 bridgehead atoms. The fourth-order valence-corrected chi connectivity index (χ4v) is 2.97. The van der Waals surface area contributed by atoms with E-state index in [9.17, 15) is 23.1 Å². The van der Waals surface area contributed by atoms with Gasteiger partial charge in [-0.1, -0.05) is 15.9 Å². The van der Waals surface area contributed by atoms with Crippen LogP contribution >= 0.6 is 15.9 Å². The lowest BCUT2D eigenvalue weighted by Gasteiger charge is -2.34. The van der Waals surface area contributed by atoms with Crippen molar-refractivity contribution >= 4 is 21.8 Å². The molecule has 0 aliphatic carbocycles. The monoisotopic (exact) mass is 365 g/mol. The van der Waals surface area contributed by atoms with Crippen molar-refractivity contribution in [2.24, 2.45) is 0 Å². The van der Waals surface area contributed by atoms with Crippen LogP contribution in [0.5, 0.6) is 0 Å². The predicted molar refractivity (Wildman–Crippen MR) is 74.9 cm³/mol. The van der Waals surface area contributed by atoms with Gasteiger partial charge in [0.1, 0.15) is 0 Å². The molecule has 1 heterocycles. The maximum absolute atomic E-state index is 12.9. The van der Waals surface area contributed by atoms with Crippen LogP contribution < -0.4 is 0 Å². The zero-order valence-corrected chi connectivity index (χ0v) is 12.7. The molecule has 1 unspecified atom stereocenters. The Kier molecular flexibility index (Phi) is 4.93. The van der Waals surface area contributed by atoms with Gasteiger partial charge in [0.25, 0.3) is 5.91 Å². The first-order chi connectivity index (χ1) is 9.84. The van der Waals surface area contributed by atoms with Crippen LogP contribution in [-0.4, -0.2) is 35.1 Å². The Hall–Kier alpha value is -1.08. The molecule has 3 nitrogen and oxygen atoms in total. The van der Waals surface area contributed by atoms with E-state index in [4.69, 9.17) is 0 Å². The first-order valence-corrected chi connectivity index (χ1v) is 7.42. The maximum atomic E-state index is 12.9. The average molecular weight is 366 g/mol. The molecule has 1 aromatic rings. The summed E-state index contributed by atoms with van der Waals surface area (Å²) in [6, 6.07) is 3.14. The molecule has 1 aliphatic rings. The van der Waals surface area contributed by atoms with Crippen molar-refractivity contribution in [1.29, 1.82) is 0 Å². The van der Waals surface area contributed by atoms with E-state index < -0.39 is 17.6 Å². The molecule has 1 amide bonds. The third-order valence-corrected chi connectivity index (χ3v) is 4.31. The van der Waals surface area contributed by atoms with Crippen LogP contribution in [-0.2, 0) is 6.18 Å². The summed E-state index contributed by atoms with van der Waals surface area (Å²) in [6.45, 7) is 0.288. The molecule has 1 atom stereocenters. The fourth-order valence-electron chi connectivity index (χ4n) is 2.50. The van der Waals surface area contributed by atoms with E-state index in [0.29, 0.717) is 13.0 Å². The summed E-state index contributed by atoms with van der Waals surface area (Å²) in [4.78, 5) is 13.9. The lowest BCUT2D eigenvalue weighted by molar-refractivity contribution is -0.138. The van der Waals surface area contributed by atoms with E-state index in [0.717, 1.165) is 18.9 Å². The van der Waals surface area contributed by atoms with Crippen LogP contribution in [0.1, 0.15) is 35.2 Å². The molecule has 1 aromatic carbocycles. The Morgan fingerprint density at radius 2 is 2.10 bits per heavy atom. The molecule has 1 saturated heterocycles. The summed E-state index contributed by atoms with van der Waals surface area (Å²) in [5.74, 6) is -0.466. The highest BCUT2D eigenvalue weighted by Gasteiger charge is 2.34. The zero-order chi connectivity index (χ0) is 15.6. The minimum Gasteiger partial charge on any atom is -0.394 e. The first kappa shape index (κ1) is 16.3. The Labute approximate surface area is 128 Å². The van der Waals surface area contributed by atoms with Gasteiger partial charge in [-0.05, 0) is 37.5 Å². The summed E-state index contributed by atoms with van der Waals surface area (Å²) >= 11 is 2.85. The lowest BCUT2D eigenvalue weighted by Crippen LogP contribution is -2.45. The Balaban J connectivity index is 2.31. The Morgan fingerprint density at radius 1 is 1.38 bits per heavy atom. The highest BCUT2D eigenvalue weighted by molar-refractivity contribution is 9.10. The molecule has 1 N–H and O–H groups in total. The normalized spacial score (nSPS) is 19.7. The number of aliphatic hydroxyl groups is 1. The number of carbonyl (C=O) groups excluding carboxylic acids is 1. The van der Waals surface area contributed by atoms with Gasteiger partial charge in [-0.2, -0.15) is 13.2 Å². The number of rotatable bonds is 2. The molecule has 1 aliphatic heterocycles. The van der Waals surface area contributed by atoms with Crippen LogP contribution in [0.4, 0.5) is 13.2 Å². The predicted octanol–water partition coefficient (Wildman–Crippen LogP) is 3.45. The molecule has 7 heteroatoms. The number of hydrogen-bond donors (Lipinski definition) is 1. The van der Waals surface area contributed by atoms with Crippen molar-refractivity contribution < 1.29 is 23.1 Å². The molecule has 0 saturated carbocycles. The van der Waals surface area contributed by atoms with E-state index >= 15 is 0 Å². The topological polar surface area (TPSA) is 40.5 Å². The van der Waals surface area contributed by atoms with Gasteiger partial charge < -0.3 is 10.0 Å². The Morgan fingerprint density at radius 3 is 2.71 bits per heavy atom. The van der Waals surface area contributed by atoms with Crippen LogP contribution in [0.15, 0.2) is 22.7 Å². The largest absolute Gasteiger partial charge is 0.417 e. The smallest absolute Gasteiger partial charge is 0.394 e. The summed E-state index contributed by atoms with van der Waals surface area (Å²) in [6.07, 6.45) is -2.15. The van der Waals surface area contributed by atoms with Gasteiger partial charge in [0.2, 0.25) is 0 Å². The van der Waals surface area contributed by atoms with Gasteiger partial charge in [-0.25, -0.2) is 0 Å². The van der Waals surface area contributed by atoms with Gasteiger partial charge in [-0.3, -0.25) is 4.79 Å². The van der Waals surface area contributed by atoms with Crippen LogP contribution in [0.3, 0.4) is 0 Å². The number of aliphatic hydroxyl groups excluding tert-OH is 1. The number of piperidine rings is 1. The second kappa shape index (κ2) is 6.36. The van der Waals surface area contributed by atoms with Crippen LogP contribution in [0.25, 0.3) is 0 Å². The quantitative estimate of drug-likeness (QED) is 0.871. The van der Waals surface area contributed by atoms with Crippen molar-refractivity contribution in [3.63, 3.8) is 0 Å². The van der Waals surface area contributed by atoms with Gasteiger partial charge >= 0.3 is 6.18 Å². The second-order valence-corrected chi connectivity index (χ2v) is 5.88. The van der Waals surface area contributed by atoms with Gasteiger partial charge in [0, 0.05) is 16.6 Å². The van der Waals surface area contributed by atoms with Crippen molar-refractivity contribution in [3.05, 3.63) is 33.8 Å². The van der Waals surface area contributed by atoms with E-state index in [2.05, 4.69) is 15.9 Å². The van der Waals surface area contributed by atoms with Gasteiger partial charge in [0.05, 0.1) is 18.2 Å². The molecule has 0 spiro atoms. The van der Waals surface area contributed by atoms with E-state index in [1.807, 2.05) is 0 Å². The standard InChI is InChI=1S/C14H15BrF3NO2/c15-12-5-4-9(7-11(12)14(16,17)18)13(21)19-6-2-1-3-10(19)8-20/h4-5,7,10,20H,1-3,6,8H2. The Bertz CT molecular complexity index is 533. The number of amides is 1. The SMILES string of the molecule is O=C(c1ccc(Br)c(C(F)(F)F)c1)N1CCCCC1CO. The van der Waals surface area contributed by atoms with Crippen LogP contribution in [0, 0.1) is 0 Å². The highest BCUT2D eigenvalue weighted by Crippen LogP contribution is 2.35. The van der Waals surface area contributed by atoms with Crippen molar-refractivity contribution in [1.82, 2.24) is 4.90 Å². The van der Waals surface area contributed by atoms with E-state index in [-0.39, 0.29) is 22.7 Å². The minimum atomic E-state index is -4.52. The molecular weight excluding hydrogens is 351 g/mol. The third kappa shape index (κ3) is 3.58. The molecular formula is C14H15BrF3NO2. The van der Waals surface area contributed by atoms with E-state index in [1.165, 1.54) is 17.0 Å². The zero-order valence-electron chi connectivity index (χ0n) is 11.2. The molecule has 0 aromatic heterocycles. The number of halogens is 4. The van der Waals surface area contributed by atoms with E-state index in [1.54, 1.807) is 0 Å². The molecule has 2 rings (SSSR count). The number of alkyl halides is 3. The van der Waals surface area contributed by atoms with Crippen LogP contribution in [0.2, 0.25) is 0 Å². The number of likely N-dealkylation sites (tertiary alicyclic amines) is 1. The highest BCUT2D eigenvalue weighted by atomic mass is 79.9. The lowest BCUT2D eigenvalue weighted by atomic mass is 10.0.